The van der Waals surface area contributed by atoms with E-state index in [1.54, 1.807) is 4.90 Å². The molecule has 25 heavy (non-hydrogen) atoms. The zero-order chi connectivity index (χ0) is 18.2. The minimum Gasteiger partial charge on any atom is -0.444 e. The summed E-state index contributed by atoms with van der Waals surface area (Å²) in [5.74, 6) is 0.410. The number of piperidine rings is 1. The molecule has 0 radical (unpaired) electrons. The maximum Gasteiger partial charge on any atom is 0.410 e. The number of ether oxygens (including phenoxy) is 1. The maximum absolute atomic E-state index is 12.6. The van der Waals surface area contributed by atoms with Crippen molar-refractivity contribution in [2.24, 2.45) is 0 Å². The lowest BCUT2D eigenvalue weighted by molar-refractivity contribution is 0.00692. The van der Waals surface area contributed by atoms with Crippen LogP contribution in [-0.4, -0.2) is 46.1 Å². The first-order valence-corrected chi connectivity index (χ1v) is 9.00. The van der Waals surface area contributed by atoms with Crippen LogP contribution >= 0.6 is 0 Å². The molecule has 1 N–H and O–H groups in total. The molecule has 1 saturated heterocycles. The normalized spacial score (nSPS) is 24.1. The first kappa shape index (κ1) is 17.8. The van der Waals surface area contributed by atoms with Crippen molar-refractivity contribution in [1.29, 1.82) is 0 Å². The number of hydrogen-bond acceptors (Lipinski definition) is 5. The summed E-state index contributed by atoms with van der Waals surface area (Å²) in [4.78, 5) is 30.9. The fourth-order valence-electron chi connectivity index (χ4n) is 3.22. The first-order valence-electron chi connectivity index (χ1n) is 9.00. The van der Waals surface area contributed by atoms with Crippen molar-refractivity contribution in [1.82, 2.24) is 15.2 Å². The molecule has 2 fully saturated rings. The minimum absolute atomic E-state index is 0.133. The van der Waals surface area contributed by atoms with E-state index in [1.807, 2.05) is 27.7 Å². The van der Waals surface area contributed by atoms with Crippen LogP contribution in [0, 0.1) is 0 Å². The zero-order valence-electron chi connectivity index (χ0n) is 15.4. The lowest BCUT2D eigenvalue weighted by Crippen LogP contribution is -2.56. The minimum atomic E-state index is -0.536. The van der Waals surface area contributed by atoms with Gasteiger partial charge in [0.05, 0.1) is 11.7 Å². The van der Waals surface area contributed by atoms with Gasteiger partial charge in [-0.1, -0.05) is 0 Å². The summed E-state index contributed by atoms with van der Waals surface area (Å²) in [6, 6.07) is -0.272. The second-order valence-corrected chi connectivity index (χ2v) is 7.98. The first-order chi connectivity index (χ1) is 11.8. The summed E-state index contributed by atoms with van der Waals surface area (Å²) in [5.41, 5.74) is 0.219. The summed E-state index contributed by atoms with van der Waals surface area (Å²) in [7, 11) is 0. The molecule has 2 aliphatic rings. The van der Waals surface area contributed by atoms with Gasteiger partial charge in [0.25, 0.3) is 5.91 Å². The SMILES string of the molecule is C[C@@H]1[C@H](NC(=O)c2ocnc2C2CC2)CCCN1C(=O)OC(C)(C)C. The standard InChI is InChI=1S/C18H27N3O4/c1-11-13(6-5-9-21(11)17(23)25-18(2,3)4)20-16(22)15-14(12-7-8-12)19-10-24-15/h10-13H,5-9H2,1-4H3,(H,20,22)/t11-,13-/m1/s1. The lowest BCUT2D eigenvalue weighted by atomic mass is 9.97. The van der Waals surface area contributed by atoms with E-state index in [4.69, 9.17) is 9.15 Å². The van der Waals surface area contributed by atoms with Gasteiger partial charge in [-0.05, 0) is 53.4 Å². The van der Waals surface area contributed by atoms with Gasteiger partial charge in [0.1, 0.15) is 5.60 Å². The average molecular weight is 349 g/mol. The second-order valence-electron chi connectivity index (χ2n) is 7.98. The molecule has 2 heterocycles. The van der Waals surface area contributed by atoms with Gasteiger partial charge in [-0.2, -0.15) is 0 Å². The van der Waals surface area contributed by atoms with Crippen LogP contribution < -0.4 is 5.32 Å². The Labute approximate surface area is 148 Å². The summed E-state index contributed by atoms with van der Waals surface area (Å²) in [5, 5.41) is 3.02. The number of rotatable bonds is 3. The largest absolute Gasteiger partial charge is 0.444 e. The van der Waals surface area contributed by atoms with Crippen LogP contribution in [0.3, 0.4) is 0 Å². The third-order valence-corrected chi connectivity index (χ3v) is 4.70. The molecule has 7 nitrogen and oxygen atoms in total. The second kappa shape index (κ2) is 6.69. The fraction of sp³-hybridized carbons (Fsp3) is 0.722. The van der Waals surface area contributed by atoms with E-state index in [9.17, 15) is 9.59 Å². The zero-order valence-corrected chi connectivity index (χ0v) is 15.4. The molecule has 138 valence electrons. The number of nitrogens with one attached hydrogen (secondary N) is 1. The predicted molar refractivity (Wildman–Crippen MR) is 91.4 cm³/mol. The van der Waals surface area contributed by atoms with Crippen LogP contribution in [0.5, 0.6) is 0 Å². The molecule has 0 unspecified atom stereocenters. The Hall–Kier alpha value is -2.05. The molecule has 0 bridgehead atoms. The Kier molecular flexibility index (Phi) is 4.75. The van der Waals surface area contributed by atoms with E-state index in [0.717, 1.165) is 31.4 Å². The number of likely N-dealkylation sites (tertiary alicyclic amines) is 1. The molecule has 1 aromatic heterocycles. The molecule has 7 heteroatoms. The van der Waals surface area contributed by atoms with Crippen LogP contribution in [0.2, 0.25) is 0 Å². The van der Waals surface area contributed by atoms with Gasteiger partial charge >= 0.3 is 6.09 Å². The molecule has 0 aromatic carbocycles. The van der Waals surface area contributed by atoms with Crippen molar-refractivity contribution in [3.8, 4) is 0 Å². The number of carbonyl (C=O) groups excluding carboxylic acids is 2. The Balaban J connectivity index is 1.64. The highest BCUT2D eigenvalue weighted by atomic mass is 16.6. The van der Waals surface area contributed by atoms with Crippen LogP contribution in [0.1, 0.15) is 75.5 Å². The summed E-state index contributed by atoms with van der Waals surface area (Å²) in [6.07, 6.45) is 4.75. The third kappa shape index (κ3) is 4.14. The molecule has 1 aliphatic carbocycles. The Morgan fingerprint density at radius 1 is 1.32 bits per heavy atom. The molecule has 1 aromatic rings. The molecule has 0 spiro atoms. The van der Waals surface area contributed by atoms with Crippen LogP contribution in [0.25, 0.3) is 0 Å². The lowest BCUT2D eigenvalue weighted by Gasteiger charge is -2.40. The monoisotopic (exact) mass is 349 g/mol. The summed E-state index contributed by atoms with van der Waals surface area (Å²) < 4.78 is 10.8. The Bertz CT molecular complexity index is 645. The van der Waals surface area contributed by atoms with Gasteiger partial charge in [-0.3, -0.25) is 4.79 Å². The molecule has 3 rings (SSSR count). The summed E-state index contributed by atoms with van der Waals surface area (Å²) in [6.45, 7) is 8.13. The highest BCUT2D eigenvalue weighted by Gasteiger charge is 2.37. The van der Waals surface area contributed by atoms with Gasteiger partial charge in [-0.15, -0.1) is 0 Å². The van der Waals surface area contributed by atoms with E-state index in [2.05, 4.69) is 10.3 Å². The number of amides is 2. The van der Waals surface area contributed by atoms with Crippen molar-refractivity contribution in [2.45, 2.75) is 77.0 Å². The molecular weight excluding hydrogens is 322 g/mol. The van der Waals surface area contributed by atoms with Gasteiger partial charge in [0, 0.05) is 18.5 Å². The highest BCUT2D eigenvalue weighted by Crippen LogP contribution is 2.40. The number of hydrogen-bond donors (Lipinski definition) is 1. The molecule has 2 atom stereocenters. The number of nitrogens with zero attached hydrogens (tertiary/aromatic N) is 2. The van der Waals surface area contributed by atoms with Crippen molar-refractivity contribution in [3.63, 3.8) is 0 Å². The van der Waals surface area contributed by atoms with Crippen molar-refractivity contribution < 1.29 is 18.7 Å². The molecule has 1 aliphatic heterocycles. The van der Waals surface area contributed by atoms with Crippen LogP contribution in [0.4, 0.5) is 4.79 Å². The van der Waals surface area contributed by atoms with E-state index < -0.39 is 5.60 Å². The van der Waals surface area contributed by atoms with Gasteiger partial charge in [0.15, 0.2) is 6.39 Å². The molecule has 2 amide bonds. The van der Waals surface area contributed by atoms with Crippen LogP contribution in [0.15, 0.2) is 10.8 Å². The molecular formula is C18H27N3O4. The quantitative estimate of drug-likeness (QED) is 0.906. The van der Waals surface area contributed by atoms with E-state index in [1.165, 1.54) is 6.39 Å². The van der Waals surface area contributed by atoms with Crippen LogP contribution in [-0.2, 0) is 4.74 Å². The smallest absolute Gasteiger partial charge is 0.410 e. The fourth-order valence-corrected chi connectivity index (χ4v) is 3.22. The Morgan fingerprint density at radius 2 is 2.04 bits per heavy atom. The highest BCUT2D eigenvalue weighted by molar-refractivity contribution is 5.93. The van der Waals surface area contributed by atoms with Gasteiger partial charge in [-0.25, -0.2) is 9.78 Å². The summed E-state index contributed by atoms with van der Waals surface area (Å²) >= 11 is 0. The predicted octanol–water partition coefficient (Wildman–Crippen LogP) is 3.07. The van der Waals surface area contributed by atoms with Crippen molar-refractivity contribution in [2.75, 3.05) is 6.54 Å². The van der Waals surface area contributed by atoms with Gasteiger partial charge < -0.3 is 19.4 Å². The average Bonchev–Trinajstić information content (AvgIpc) is 3.24. The van der Waals surface area contributed by atoms with Gasteiger partial charge in [0.2, 0.25) is 5.76 Å². The number of carbonyl (C=O) groups is 2. The van der Waals surface area contributed by atoms with E-state index in [0.29, 0.717) is 18.2 Å². The van der Waals surface area contributed by atoms with Crippen molar-refractivity contribution in [3.05, 3.63) is 17.8 Å². The Morgan fingerprint density at radius 3 is 2.68 bits per heavy atom. The van der Waals surface area contributed by atoms with E-state index in [-0.39, 0.29) is 24.1 Å². The van der Waals surface area contributed by atoms with Crippen molar-refractivity contribution >= 4 is 12.0 Å². The maximum atomic E-state index is 12.6. The topological polar surface area (TPSA) is 84.7 Å². The molecule has 1 saturated carbocycles. The van der Waals surface area contributed by atoms with E-state index >= 15 is 0 Å². The number of oxazole rings is 1. The number of aromatic nitrogens is 1. The third-order valence-electron chi connectivity index (χ3n) is 4.70.